The first-order valence-corrected chi connectivity index (χ1v) is 7.32. The molecule has 2 aromatic carbocycles. The number of rotatable bonds is 6. The van der Waals surface area contributed by atoms with Gasteiger partial charge in [0.2, 0.25) is 0 Å². The second-order valence-corrected chi connectivity index (χ2v) is 4.78. The van der Waals surface area contributed by atoms with Crippen molar-refractivity contribution in [1.82, 2.24) is 0 Å². The molecule has 2 aromatic rings. The van der Waals surface area contributed by atoms with Crippen LogP contribution in [-0.4, -0.2) is 25.1 Å². The van der Waals surface area contributed by atoms with Crippen molar-refractivity contribution in [3.63, 3.8) is 0 Å². The third kappa shape index (κ3) is 4.85. The van der Waals surface area contributed by atoms with E-state index in [9.17, 15) is 9.59 Å². The number of hydrogen-bond acceptors (Lipinski definition) is 5. The lowest BCUT2D eigenvalue weighted by Gasteiger charge is -2.09. The molecule has 0 aromatic heterocycles. The summed E-state index contributed by atoms with van der Waals surface area (Å²) in [5, 5.41) is 11.5. The van der Waals surface area contributed by atoms with Crippen molar-refractivity contribution in [2.75, 3.05) is 18.5 Å². The average Bonchev–Trinajstić information content (AvgIpc) is 2.60. The number of ether oxygens (including phenoxy) is 2. The van der Waals surface area contributed by atoms with Gasteiger partial charge in [0.1, 0.15) is 5.75 Å². The van der Waals surface area contributed by atoms with Crippen LogP contribution < -0.4 is 10.1 Å². The van der Waals surface area contributed by atoms with Gasteiger partial charge in [-0.15, -0.1) is 0 Å². The normalized spacial score (nSPS) is 9.67. The molecule has 1 N–H and O–H groups in total. The number of carbonyl (C=O) groups excluding carboxylic acids is 2. The van der Waals surface area contributed by atoms with Crippen LogP contribution in [0.1, 0.15) is 22.8 Å². The molecule has 0 radical (unpaired) electrons. The lowest BCUT2D eigenvalue weighted by atomic mass is 10.2. The first-order valence-electron chi connectivity index (χ1n) is 7.32. The van der Waals surface area contributed by atoms with Crippen LogP contribution in [0.25, 0.3) is 0 Å². The van der Waals surface area contributed by atoms with Gasteiger partial charge < -0.3 is 14.8 Å². The summed E-state index contributed by atoms with van der Waals surface area (Å²) in [6.45, 7) is 1.79. The van der Waals surface area contributed by atoms with Gasteiger partial charge in [0.15, 0.2) is 6.61 Å². The van der Waals surface area contributed by atoms with Crippen molar-refractivity contribution in [3.8, 4) is 11.8 Å². The van der Waals surface area contributed by atoms with Gasteiger partial charge in [-0.1, -0.05) is 12.1 Å². The molecule has 0 unspecified atom stereocenters. The molecular weight excluding hydrogens is 308 g/mol. The first-order chi connectivity index (χ1) is 11.6. The summed E-state index contributed by atoms with van der Waals surface area (Å²) in [6.07, 6.45) is 0. The van der Waals surface area contributed by atoms with Gasteiger partial charge in [0.05, 0.1) is 23.8 Å². The van der Waals surface area contributed by atoms with Gasteiger partial charge in [0.25, 0.3) is 5.91 Å². The monoisotopic (exact) mass is 324 g/mol. The predicted octanol–water partition coefficient (Wildman–Crippen LogP) is 2.75. The maximum absolute atomic E-state index is 11.9. The van der Waals surface area contributed by atoms with Gasteiger partial charge in [0, 0.05) is 5.69 Å². The zero-order valence-electron chi connectivity index (χ0n) is 13.1. The Kier molecular flexibility index (Phi) is 5.92. The number of esters is 1. The highest BCUT2D eigenvalue weighted by molar-refractivity contribution is 5.92. The van der Waals surface area contributed by atoms with Gasteiger partial charge >= 0.3 is 5.97 Å². The summed E-state index contributed by atoms with van der Waals surface area (Å²) < 4.78 is 10.3. The van der Waals surface area contributed by atoms with E-state index in [4.69, 9.17) is 14.7 Å². The number of amides is 1. The highest BCUT2D eigenvalue weighted by Gasteiger charge is 2.09. The molecule has 0 atom stereocenters. The molecule has 0 aliphatic carbocycles. The number of anilines is 1. The average molecular weight is 324 g/mol. The van der Waals surface area contributed by atoms with Crippen LogP contribution >= 0.6 is 0 Å². The van der Waals surface area contributed by atoms with Crippen molar-refractivity contribution >= 4 is 17.6 Å². The van der Waals surface area contributed by atoms with Crippen LogP contribution in [0.15, 0.2) is 48.5 Å². The van der Waals surface area contributed by atoms with E-state index in [1.54, 1.807) is 49.4 Å². The van der Waals surface area contributed by atoms with Crippen molar-refractivity contribution in [1.29, 1.82) is 5.26 Å². The molecule has 24 heavy (non-hydrogen) atoms. The molecule has 0 spiro atoms. The molecule has 0 aliphatic heterocycles. The number of benzene rings is 2. The number of carbonyl (C=O) groups is 2. The molecule has 0 aliphatic rings. The van der Waals surface area contributed by atoms with E-state index < -0.39 is 5.97 Å². The van der Waals surface area contributed by atoms with E-state index in [0.717, 1.165) is 0 Å². The van der Waals surface area contributed by atoms with Crippen LogP contribution in [0.4, 0.5) is 5.69 Å². The maximum Gasteiger partial charge on any atom is 0.338 e. The summed E-state index contributed by atoms with van der Waals surface area (Å²) >= 11 is 0. The second-order valence-electron chi connectivity index (χ2n) is 4.78. The van der Waals surface area contributed by atoms with E-state index in [2.05, 4.69) is 5.32 Å². The summed E-state index contributed by atoms with van der Waals surface area (Å²) in [6, 6.07) is 15.0. The lowest BCUT2D eigenvalue weighted by molar-refractivity contribution is -0.118. The minimum absolute atomic E-state index is 0.219. The summed E-state index contributed by atoms with van der Waals surface area (Å²) in [7, 11) is 0. The molecule has 122 valence electrons. The molecule has 0 bridgehead atoms. The van der Waals surface area contributed by atoms with Gasteiger partial charge in [-0.05, 0) is 43.3 Å². The Morgan fingerprint density at radius 3 is 2.71 bits per heavy atom. The Labute approximate surface area is 139 Å². The van der Waals surface area contributed by atoms with Crippen molar-refractivity contribution in [3.05, 3.63) is 59.7 Å². The molecule has 0 saturated heterocycles. The SMILES string of the molecule is CCOC(=O)c1cccc(OCC(=O)Nc2cccc(C#N)c2)c1. The second kappa shape index (κ2) is 8.34. The smallest absolute Gasteiger partial charge is 0.338 e. The largest absolute Gasteiger partial charge is 0.484 e. The van der Waals surface area contributed by atoms with Crippen molar-refractivity contribution in [2.45, 2.75) is 6.92 Å². The standard InChI is InChI=1S/C18H16N2O4/c1-2-23-18(22)14-6-4-8-16(10-14)24-12-17(21)20-15-7-3-5-13(9-15)11-19/h3-10H,2,12H2,1H3,(H,20,21). The Hall–Kier alpha value is -3.33. The van der Waals surface area contributed by atoms with Gasteiger partial charge in [-0.3, -0.25) is 4.79 Å². The number of nitrogens with one attached hydrogen (secondary N) is 1. The molecule has 6 nitrogen and oxygen atoms in total. The van der Waals surface area contributed by atoms with Crippen LogP contribution in [0.3, 0.4) is 0 Å². The van der Waals surface area contributed by atoms with Crippen LogP contribution in [0, 0.1) is 11.3 Å². The van der Waals surface area contributed by atoms with E-state index in [1.165, 1.54) is 6.07 Å². The minimum atomic E-state index is -0.444. The first kappa shape index (κ1) is 17.0. The Morgan fingerprint density at radius 1 is 1.17 bits per heavy atom. The van der Waals surface area contributed by atoms with E-state index in [-0.39, 0.29) is 19.1 Å². The molecule has 2 rings (SSSR count). The third-order valence-corrected chi connectivity index (χ3v) is 2.99. The van der Waals surface area contributed by atoms with Crippen molar-refractivity contribution < 1.29 is 19.1 Å². The Bertz CT molecular complexity index is 781. The minimum Gasteiger partial charge on any atom is -0.484 e. The number of nitriles is 1. The predicted molar refractivity (Wildman–Crippen MR) is 87.7 cm³/mol. The summed E-state index contributed by atoms with van der Waals surface area (Å²) in [5.41, 5.74) is 1.33. The Morgan fingerprint density at radius 2 is 1.96 bits per heavy atom. The van der Waals surface area contributed by atoms with E-state index in [0.29, 0.717) is 22.6 Å². The molecule has 0 saturated carbocycles. The molecule has 0 heterocycles. The fourth-order valence-electron chi connectivity index (χ4n) is 1.94. The van der Waals surface area contributed by atoms with Crippen LogP contribution in [0.5, 0.6) is 5.75 Å². The molecular formula is C18H16N2O4. The highest BCUT2D eigenvalue weighted by atomic mass is 16.5. The number of nitrogens with zero attached hydrogens (tertiary/aromatic N) is 1. The van der Waals surface area contributed by atoms with E-state index >= 15 is 0 Å². The fraction of sp³-hybridized carbons (Fsp3) is 0.167. The zero-order valence-corrected chi connectivity index (χ0v) is 13.1. The lowest BCUT2D eigenvalue weighted by Crippen LogP contribution is -2.20. The molecule has 0 fully saturated rings. The van der Waals surface area contributed by atoms with Crippen molar-refractivity contribution in [2.24, 2.45) is 0 Å². The fourth-order valence-corrected chi connectivity index (χ4v) is 1.94. The summed E-state index contributed by atoms with van der Waals surface area (Å²) in [5.74, 6) is -0.422. The summed E-state index contributed by atoms with van der Waals surface area (Å²) in [4.78, 5) is 23.5. The van der Waals surface area contributed by atoms with Crippen LogP contribution in [-0.2, 0) is 9.53 Å². The number of hydrogen-bond donors (Lipinski definition) is 1. The third-order valence-electron chi connectivity index (χ3n) is 2.99. The molecule has 6 heteroatoms. The highest BCUT2D eigenvalue weighted by Crippen LogP contribution is 2.15. The van der Waals surface area contributed by atoms with Crippen LogP contribution in [0.2, 0.25) is 0 Å². The van der Waals surface area contributed by atoms with Gasteiger partial charge in [-0.2, -0.15) is 5.26 Å². The Balaban J connectivity index is 1.93. The van der Waals surface area contributed by atoms with Gasteiger partial charge in [-0.25, -0.2) is 4.79 Å². The topological polar surface area (TPSA) is 88.4 Å². The molecule has 1 amide bonds. The quantitative estimate of drug-likeness (QED) is 0.825. The zero-order chi connectivity index (χ0) is 17.4. The van der Waals surface area contributed by atoms with E-state index in [1.807, 2.05) is 6.07 Å². The maximum atomic E-state index is 11.9.